The standard InChI is InChI=1S/C10H15N5OS.ClH/c1-13-8-7(9(17)14(2)10(13)16)15(6-12-8)5-3-4-11;/h6H,3-5,11H2,1-2H3;1H. The Morgan fingerprint density at radius 3 is 2.67 bits per heavy atom. The van der Waals surface area contributed by atoms with Gasteiger partial charge in [0.15, 0.2) is 5.65 Å². The summed E-state index contributed by atoms with van der Waals surface area (Å²) in [6, 6.07) is 0. The van der Waals surface area contributed by atoms with Crippen molar-refractivity contribution in [3.05, 3.63) is 21.5 Å². The molecule has 8 heteroatoms. The third-order valence-corrected chi connectivity index (χ3v) is 3.29. The first-order chi connectivity index (χ1) is 8.07. The van der Waals surface area contributed by atoms with Crippen LogP contribution in [0.3, 0.4) is 0 Å². The van der Waals surface area contributed by atoms with Gasteiger partial charge in [0.1, 0.15) is 10.2 Å². The van der Waals surface area contributed by atoms with Crippen LogP contribution in [-0.2, 0) is 20.6 Å². The molecule has 100 valence electrons. The molecule has 6 nitrogen and oxygen atoms in total. The Kier molecular flexibility index (Phi) is 4.66. The maximum atomic E-state index is 11.8. The van der Waals surface area contributed by atoms with E-state index < -0.39 is 0 Å². The predicted octanol–water partition coefficient (Wildman–Crippen LogP) is 0.574. The minimum absolute atomic E-state index is 0. The van der Waals surface area contributed by atoms with E-state index in [0.29, 0.717) is 16.8 Å². The Labute approximate surface area is 115 Å². The van der Waals surface area contributed by atoms with E-state index in [1.165, 1.54) is 9.13 Å². The monoisotopic (exact) mass is 289 g/mol. The quantitative estimate of drug-likeness (QED) is 0.839. The van der Waals surface area contributed by atoms with Crippen molar-refractivity contribution in [3.63, 3.8) is 0 Å². The van der Waals surface area contributed by atoms with Gasteiger partial charge in [-0.05, 0) is 13.0 Å². The third kappa shape index (κ3) is 2.21. The predicted molar refractivity (Wildman–Crippen MR) is 75.7 cm³/mol. The van der Waals surface area contributed by atoms with E-state index in [-0.39, 0.29) is 18.1 Å². The first kappa shape index (κ1) is 14.9. The highest BCUT2D eigenvalue weighted by molar-refractivity contribution is 7.71. The van der Waals surface area contributed by atoms with Gasteiger partial charge in [-0.3, -0.25) is 9.13 Å². The van der Waals surface area contributed by atoms with Gasteiger partial charge in [-0.25, -0.2) is 9.78 Å². The third-order valence-electron chi connectivity index (χ3n) is 2.82. The van der Waals surface area contributed by atoms with E-state index in [1.807, 2.05) is 4.57 Å². The molecule has 2 heterocycles. The number of fused-ring (bicyclic) bond motifs is 1. The lowest BCUT2D eigenvalue weighted by Gasteiger charge is -2.07. The normalized spacial score (nSPS) is 10.6. The number of nitrogens with two attached hydrogens (primary N) is 1. The lowest BCUT2D eigenvalue weighted by atomic mass is 10.4. The van der Waals surface area contributed by atoms with Crippen LogP contribution in [0.4, 0.5) is 0 Å². The van der Waals surface area contributed by atoms with Crippen molar-refractivity contribution in [2.75, 3.05) is 6.54 Å². The molecule has 0 amide bonds. The second-order valence-electron chi connectivity index (χ2n) is 3.96. The van der Waals surface area contributed by atoms with Crippen molar-refractivity contribution in [2.45, 2.75) is 13.0 Å². The molecule has 0 saturated carbocycles. The second-order valence-corrected chi connectivity index (χ2v) is 4.34. The van der Waals surface area contributed by atoms with Gasteiger partial charge in [-0.1, -0.05) is 12.2 Å². The zero-order valence-corrected chi connectivity index (χ0v) is 11.9. The topological polar surface area (TPSA) is 70.8 Å². The summed E-state index contributed by atoms with van der Waals surface area (Å²) < 4.78 is 5.42. The van der Waals surface area contributed by atoms with Crippen molar-refractivity contribution in [1.82, 2.24) is 18.7 Å². The molecule has 0 atom stereocenters. The fourth-order valence-corrected chi connectivity index (χ4v) is 2.11. The first-order valence-corrected chi connectivity index (χ1v) is 5.79. The largest absolute Gasteiger partial charge is 0.330 e. The molecule has 0 aliphatic rings. The lowest BCUT2D eigenvalue weighted by Crippen LogP contribution is -2.28. The number of aromatic nitrogens is 4. The summed E-state index contributed by atoms with van der Waals surface area (Å²) >= 11 is 5.29. The zero-order valence-electron chi connectivity index (χ0n) is 10.3. The van der Waals surface area contributed by atoms with E-state index in [9.17, 15) is 4.79 Å². The maximum Gasteiger partial charge on any atom is 0.330 e. The lowest BCUT2D eigenvalue weighted by molar-refractivity contribution is 0.658. The molecule has 18 heavy (non-hydrogen) atoms. The molecule has 2 aromatic rings. The van der Waals surface area contributed by atoms with Crippen molar-refractivity contribution in [2.24, 2.45) is 19.8 Å². The molecule has 0 aliphatic carbocycles. The number of hydrogen-bond donors (Lipinski definition) is 1. The van der Waals surface area contributed by atoms with Crippen molar-refractivity contribution in [1.29, 1.82) is 0 Å². The molecule has 0 radical (unpaired) electrons. The number of imidazole rings is 1. The molecule has 0 fully saturated rings. The van der Waals surface area contributed by atoms with Crippen molar-refractivity contribution >= 4 is 35.8 Å². The zero-order chi connectivity index (χ0) is 12.6. The minimum Gasteiger partial charge on any atom is -0.330 e. The Balaban J connectivity index is 0.00000162. The Hall–Kier alpha value is -1.18. The van der Waals surface area contributed by atoms with Gasteiger partial charge in [0.05, 0.1) is 6.33 Å². The van der Waals surface area contributed by atoms with Gasteiger partial charge >= 0.3 is 5.69 Å². The smallest absolute Gasteiger partial charge is 0.330 e. The van der Waals surface area contributed by atoms with E-state index in [2.05, 4.69) is 4.98 Å². The summed E-state index contributed by atoms with van der Waals surface area (Å²) in [6.07, 6.45) is 2.56. The molecule has 2 aromatic heterocycles. The SMILES string of the molecule is Cl.Cn1c(=S)c2c(ncn2CCCN)n(C)c1=O. The Morgan fingerprint density at radius 1 is 1.39 bits per heavy atom. The Bertz CT molecular complexity index is 671. The molecule has 0 spiro atoms. The number of halogens is 1. The van der Waals surface area contributed by atoms with Crippen molar-refractivity contribution in [3.8, 4) is 0 Å². The van der Waals surface area contributed by atoms with E-state index >= 15 is 0 Å². The highest BCUT2D eigenvalue weighted by Crippen LogP contribution is 2.12. The van der Waals surface area contributed by atoms with Crippen LogP contribution in [0.2, 0.25) is 0 Å². The molecular formula is C10H16ClN5OS. The highest BCUT2D eigenvalue weighted by Gasteiger charge is 2.11. The van der Waals surface area contributed by atoms with Crippen LogP contribution in [0.1, 0.15) is 6.42 Å². The molecule has 2 rings (SSSR count). The average molecular weight is 290 g/mol. The summed E-state index contributed by atoms with van der Waals surface area (Å²) in [5.41, 5.74) is 6.77. The number of hydrogen-bond acceptors (Lipinski definition) is 4. The van der Waals surface area contributed by atoms with Crippen LogP contribution in [-0.4, -0.2) is 25.2 Å². The minimum atomic E-state index is -0.161. The second kappa shape index (κ2) is 5.64. The van der Waals surface area contributed by atoms with E-state index in [1.54, 1.807) is 20.4 Å². The fourth-order valence-electron chi connectivity index (χ4n) is 1.83. The molecule has 0 bridgehead atoms. The fraction of sp³-hybridized carbons (Fsp3) is 0.500. The molecule has 0 saturated heterocycles. The molecule has 0 unspecified atom stereocenters. The molecule has 2 N–H and O–H groups in total. The summed E-state index contributed by atoms with van der Waals surface area (Å²) in [6.45, 7) is 1.37. The Morgan fingerprint density at radius 2 is 2.06 bits per heavy atom. The van der Waals surface area contributed by atoms with Gasteiger partial charge in [-0.2, -0.15) is 0 Å². The van der Waals surface area contributed by atoms with Gasteiger partial charge in [0.2, 0.25) is 0 Å². The average Bonchev–Trinajstić information content (AvgIpc) is 2.75. The number of rotatable bonds is 3. The van der Waals surface area contributed by atoms with Crippen LogP contribution in [0.25, 0.3) is 11.2 Å². The first-order valence-electron chi connectivity index (χ1n) is 5.39. The van der Waals surface area contributed by atoms with E-state index in [4.69, 9.17) is 18.0 Å². The maximum absolute atomic E-state index is 11.8. The van der Waals surface area contributed by atoms with Crippen LogP contribution in [0.15, 0.2) is 11.1 Å². The summed E-state index contributed by atoms with van der Waals surface area (Å²) in [4.78, 5) is 16.1. The number of aryl methyl sites for hydroxylation is 2. The van der Waals surface area contributed by atoms with E-state index in [0.717, 1.165) is 18.5 Å². The van der Waals surface area contributed by atoms with Crippen LogP contribution in [0.5, 0.6) is 0 Å². The number of nitrogens with zero attached hydrogens (tertiary/aromatic N) is 4. The van der Waals surface area contributed by atoms with Gasteiger partial charge in [-0.15, -0.1) is 12.4 Å². The molecular weight excluding hydrogens is 274 g/mol. The molecule has 0 aliphatic heterocycles. The summed E-state index contributed by atoms with van der Waals surface area (Å²) in [7, 11) is 3.37. The van der Waals surface area contributed by atoms with Crippen LogP contribution >= 0.6 is 24.6 Å². The van der Waals surface area contributed by atoms with Gasteiger partial charge < -0.3 is 10.3 Å². The van der Waals surface area contributed by atoms with Crippen molar-refractivity contribution < 1.29 is 0 Å². The van der Waals surface area contributed by atoms with Gasteiger partial charge in [0, 0.05) is 20.6 Å². The van der Waals surface area contributed by atoms with Gasteiger partial charge in [0.25, 0.3) is 0 Å². The van der Waals surface area contributed by atoms with Crippen LogP contribution in [0, 0.1) is 4.64 Å². The molecule has 0 aromatic carbocycles. The highest BCUT2D eigenvalue weighted by atomic mass is 35.5. The summed E-state index contributed by atoms with van der Waals surface area (Å²) in [5, 5.41) is 0. The summed E-state index contributed by atoms with van der Waals surface area (Å²) in [5.74, 6) is 0. The van der Waals surface area contributed by atoms with Crippen LogP contribution < -0.4 is 11.4 Å².